The van der Waals surface area contributed by atoms with Gasteiger partial charge in [-0.05, 0) is 35.9 Å². The van der Waals surface area contributed by atoms with Gasteiger partial charge in [-0.25, -0.2) is 0 Å². The van der Waals surface area contributed by atoms with Gasteiger partial charge in [-0.3, -0.25) is 0 Å². The van der Waals surface area contributed by atoms with Gasteiger partial charge in [0.25, 0.3) is 0 Å². The van der Waals surface area contributed by atoms with E-state index in [1.54, 1.807) is 14.2 Å². The Balaban J connectivity index is 2.32. The van der Waals surface area contributed by atoms with Crippen molar-refractivity contribution in [2.45, 2.75) is 6.42 Å². The van der Waals surface area contributed by atoms with E-state index >= 15 is 0 Å². The topological polar surface area (TPSA) is 18.5 Å². The van der Waals surface area contributed by atoms with Gasteiger partial charge in [-0.1, -0.05) is 28.1 Å². The SMILES string of the molecule is COc1ccc(OC)c(Cc2cccc(Br)c2)c1. The van der Waals surface area contributed by atoms with Crippen molar-refractivity contribution >= 4 is 15.9 Å². The first-order chi connectivity index (χ1) is 8.72. The predicted octanol–water partition coefficient (Wildman–Crippen LogP) is 4.06. The van der Waals surface area contributed by atoms with Gasteiger partial charge >= 0.3 is 0 Å². The molecule has 18 heavy (non-hydrogen) atoms. The number of ether oxygens (including phenoxy) is 2. The largest absolute Gasteiger partial charge is 0.497 e. The Kier molecular flexibility index (Phi) is 4.26. The lowest BCUT2D eigenvalue weighted by atomic mass is 10.0. The summed E-state index contributed by atoms with van der Waals surface area (Å²) in [6.07, 6.45) is 0.819. The van der Waals surface area contributed by atoms with Crippen molar-refractivity contribution in [3.8, 4) is 11.5 Å². The maximum Gasteiger partial charge on any atom is 0.122 e. The van der Waals surface area contributed by atoms with Crippen LogP contribution in [0.1, 0.15) is 11.1 Å². The monoisotopic (exact) mass is 306 g/mol. The highest BCUT2D eigenvalue weighted by Gasteiger charge is 2.06. The maximum atomic E-state index is 5.38. The van der Waals surface area contributed by atoms with Crippen LogP contribution in [0.4, 0.5) is 0 Å². The number of benzene rings is 2. The normalized spacial score (nSPS) is 10.2. The van der Waals surface area contributed by atoms with Crippen LogP contribution in [0.2, 0.25) is 0 Å². The molecule has 0 aliphatic carbocycles. The first-order valence-corrected chi connectivity index (χ1v) is 6.47. The molecule has 0 atom stereocenters. The molecule has 0 N–H and O–H groups in total. The van der Waals surface area contributed by atoms with Crippen LogP contribution in [0.25, 0.3) is 0 Å². The van der Waals surface area contributed by atoms with Crippen LogP contribution in [0.3, 0.4) is 0 Å². The van der Waals surface area contributed by atoms with Crippen molar-refractivity contribution in [1.29, 1.82) is 0 Å². The molecule has 3 heteroatoms. The lowest BCUT2D eigenvalue weighted by molar-refractivity contribution is 0.399. The van der Waals surface area contributed by atoms with Crippen LogP contribution < -0.4 is 9.47 Å². The van der Waals surface area contributed by atoms with Crippen molar-refractivity contribution in [3.05, 3.63) is 58.1 Å². The van der Waals surface area contributed by atoms with E-state index in [1.165, 1.54) is 5.56 Å². The first kappa shape index (κ1) is 13.0. The molecule has 2 rings (SSSR count). The molecule has 0 saturated heterocycles. The van der Waals surface area contributed by atoms with Crippen molar-refractivity contribution in [1.82, 2.24) is 0 Å². The molecule has 0 saturated carbocycles. The average molecular weight is 307 g/mol. The first-order valence-electron chi connectivity index (χ1n) is 5.68. The smallest absolute Gasteiger partial charge is 0.122 e. The van der Waals surface area contributed by atoms with Gasteiger partial charge in [0, 0.05) is 16.5 Å². The van der Waals surface area contributed by atoms with Crippen molar-refractivity contribution in [2.24, 2.45) is 0 Å². The van der Waals surface area contributed by atoms with E-state index in [0.717, 1.165) is 28.0 Å². The summed E-state index contributed by atoms with van der Waals surface area (Å²) in [4.78, 5) is 0. The molecule has 0 fully saturated rings. The molecule has 0 bridgehead atoms. The maximum absolute atomic E-state index is 5.38. The van der Waals surface area contributed by atoms with Crippen LogP contribution in [0.5, 0.6) is 11.5 Å². The van der Waals surface area contributed by atoms with Crippen LogP contribution in [0, 0.1) is 0 Å². The molecule has 0 aliphatic rings. The van der Waals surface area contributed by atoms with E-state index in [4.69, 9.17) is 9.47 Å². The molecule has 0 spiro atoms. The summed E-state index contributed by atoms with van der Waals surface area (Å²) in [7, 11) is 3.36. The molecule has 2 aromatic rings. The van der Waals surface area contributed by atoms with E-state index in [0.29, 0.717) is 0 Å². The fourth-order valence-corrected chi connectivity index (χ4v) is 2.33. The number of hydrogen-bond acceptors (Lipinski definition) is 2. The molecule has 0 unspecified atom stereocenters. The highest BCUT2D eigenvalue weighted by molar-refractivity contribution is 9.10. The fraction of sp³-hybridized carbons (Fsp3) is 0.200. The zero-order valence-corrected chi connectivity index (χ0v) is 12.0. The van der Waals surface area contributed by atoms with Gasteiger partial charge < -0.3 is 9.47 Å². The highest BCUT2D eigenvalue weighted by atomic mass is 79.9. The van der Waals surface area contributed by atoms with Gasteiger partial charge in [0.05, 0.1) is 14.2 Å². The van der Waals surface area contributed by atoms with Crippen molar-refractivity contribution in [2.75, 3.05) is 14.2 Å². The van der Waals surface area contributed by atoms with Gasteiger partial charge in [0.1, 0.15) is 11.5 Å². The summed E-state index contributed by atoms with van der Waals surface area (Å²) >= 11 is 3.48. The second-order valence-electron chi connectivity index (χ2n) is 3.98. The van der Waals surface area contributed by atoms with Crippen LogP contribution >= 0.6 is 15.9 Å². The minimum Gasteiger partial charge on any atom is -0.497 e. The second-order valence-corrected chi connectivity index (χ2v) is 4.90. The van der Waals surface area contributed by atoms with Gasteiger partial charge in [0.2, 0.25) is 0 Å². The van der Waals surface area contributed by atoms with Crippen LogP contribution in [-0.2, 0) is 6.42 Å². The molecule has 0 radical (unpaired) electrons. The quantitative estimate of drug-likeness (QED) is 0.848. The predicted molar refractivity (Wildman–Crippen MR) is 76.5 cm³/mol. The molecular formula is C15H15BrO2. The Hall–Kier alpha value is -1.48. The minimum absolute atomic E-state index is 0.819. The lowest BCUT2D eigenvalue weighted by Gasteiger charge is -2.10. The van der Waals surface area contributed by atoms with Gasteiger partial charge in [0.15, 0.2) is 0 Å². The number of methoxy groups -OCH3 is 2. The Bertz CT molecular complexity index is 538. The number of rotatable bonds is 4. The standard InChI is InChI=1S/C15H15BrO2/c1-17-14-6-7-15(18-2)12(10-14)8-11-4-3-5-13(16)9-11/h3-7,9-10H,8H2,1-2H3. The van der Waals surface area contributed by atoms with Gasteiger partial charge in [-0.15, -0.1) is 0 Å². The zero-order chi connectivity index (χ0) is 13.0. The summed E-state index contributed by atoms with van der Waals surface area (Å²) in [6, 6.07) is 14.1. The van der Waals surface area contributed by atoms with E-state index in [-0.39, 0.29) is 0 Å². The summed E-state index contributed by atoms with van der Waals surface area (Å²) in [5.41, 5.74) is 2.35. The summed E-state index contributed by atoms with van der Waals surface area (Å²) < 4.78 is 11.7. The molecule has 0 aromatic heterocycles. The van der Waals surface area contributed by atoms with Crippen molar-refractivity contribution in [3.63, 3.8) is 0 Å². The summed E-state index contributed by atoms with van der Waals surface area (Å²) in [5, 5.41) is 0. The van der Waals surface area contributed by atoms with Gasteiger partial charge in [-0.2, -0.15) is 0 Å². The molecule has 0 amide bonds. The molecule has 94 valence electrons. The Morgan fingerprint density at radius 3 is 2.50 bits per heavy atom. The lowest BCUT2D eigenvalue weighted by Crippen LogP contribution is -1.95. The van der Waals surface area contributed by atoms with E-state index < -0.39 is 0 Å². The Labute approximate surface area is 116 Å². The second kappa shape index (κ2) is 5.91. The van der Waals surface area contributed by atoms with E-state index in [1.807, 2.05) is 30.3 Å². The zero-order valence-electron chi connectivity index (χ0n) is 10.4. The number of hydrogen-bond donors (Lipinski definition) is 0. The third-order valence-electron chi connectivity index (χ3n) is 2.77. The number of halogens is 1. The van der Waals surface area contributed by atoms with E-state index in [9.17, 15) is 0 Å². The molecule has 2 aromatic carbocycles. The Morgan fingerprint density at radius 1 is 1.00 bits per heavy atom. The van der Waals surface area contributed by atoms with Crippen LogP contribution in [0.15, 0.2) is 46.9 Å². The van der Waals surface area contributed by atoms with Crippen LogP contribution in [-0.4, -0.2) is 14.2 Å². The third-order valence-corrected chi connectivity index (χ3v) is 3.26. The average Bonchev–Trinajstić information content (AvgIpc) is 2.38. The minimum atomic E-state index is 0.819. The van der Waals surface area contributed by atoms with E-state index in [2.05, 4.69) is 28.1 Å². The highest BCUT2D eigenvalue weighted by Crippen LogP contribution is 2.26. The molecule has 0 aliphatic heterocycles. The molecule has 2 nitrogen and oxygen atoms in total. The molecular weight excluding hydrogens is 292 g/mol. The summed E-state index contributed by atoms with van der Waals surface area (Å²) in [6.45, 7) is 0. The fourth-order valence-electron chi connectivity index (χ4n) is 1.89. The van der Waals surface area contributed by atoms with Crippen molar-refractivity contribution < 1.29 is 9.47 Å². The third kappa shape index (κ3) is 3.05. The summed E-state index contributed by atoms with van der Waals surface area (Å²) in [5.74, 6) is 1.73. The Morgan fingerprint density at radius 2 is 1.83 bits per heavy atom. The molecule has 0 heterocycles.